The van der Waals surface area contributed by atoms with E-state index in [1.54, 1.807) is 0 Å². The summed E-state index contributed by atoms with van der Waals surface area (Å²) < 4.78 is 0. The molecule has 0 bridgehead atoms. The molecule has 2 N–H and O–H groups in total. The van der Waals surface area contributed by atoms with E-state index in [0.717, 1.165) is 30.7 Å². The summed E-state index contributed by atoms with van der Waals surface area (Å²) in [4.78, 5) is 0. The van der Waals surface area contributed by atoms with E-state index in [-0.39, 0.29) is 0 Å². The van der Waals surface area contributed by atoms with Gasteiger partial charge in [-0.15, -0.1) is 10.2 Å². The lowest BCUT2D eigenvalue weighted by molar-refractivity contribution is 0.149. The molecule has 102 valence electrons. The molecule has 5 heteroatoms. The van der Waals surface area contributed by atoms with E-state index in [1.807, 2.05) is 0 Å². The van der Waals surface area contributed by atoms with Crippen molar-refractivity contribution < 1.29 is 0 Å². The first-order valence-corrected chi connectivity index (χ1v) is 6.99. The first-order chi connectivity index (χ1) is 8.55. The van der Waals surface area contributed by atoms with Crippen LogP contribution < -0.4 is 5.32 Å². The average Bonchev–Trinajstić information content (AvgIpc) is 2.82. The minimum Gasteiger partial charge on any atom is -0.309 e. The van der Waals surface area contributed by atoms with E-state index in [4.69, 9.17) is 0 Å². The molecule has 0 atom stereocenters. The Bertz CT molecular complexity index is 333. The van der Waals surface area contributed by atoms with Gasteiger partial charge < -0.3 is 5.32 Å². The molecule has 5 nitrogen and oxygen atoms in total. The Hall–Kier alpha value is -0.970. The first-order valence-electron chi connectivity index (χ1n) is 6.99. The number of nitrogens with one attached hydrogen (secondary N) is 2. The summed E-state index contributed by atoms with van der Waals surface area (Å²) in [7, 11) is 0. The van der Waals surface area contributed by atoms with E-state index < -0.39 is 0 Å². The van der Waals surface area contributed by atoms with Gasteiger partial charge in [-0.25, -0.2) is 0 Å². The smallest absolute Gasteiger partial charge is 0.188 e. The van der Waals surface area contributed by atoms with E-state index in [9.17, 15) is 0 Å². The predicted octanol–water partition coefficient (Wildman–Crippen LogP) is 2.14. The molecule has 0 spiro atoms. The van der Waals surface area contributed by atoms with Gasteiger partial charge in [0.15, 0.2) is 5.82 Å². The van der Waals surface area contributed by atoms with Crippen molar-refractivity contribution in [2.24, 2.45) is 17.3 Å². The fraction of sp³-hybridized carbons (Fsp3) is 0.923. The van der Waals surface area contributed by atoms with Crippen LogP contribution in [0.15, 0.2) is 0 Å². The molecule has 1 saturated carbocycles. The van der Waals surface area contributed by atoms with Gasteiger partial charge in [0, 0.05) is 0 Å². The second-order valence-electron chi connectivity index (χ2n) is 6.54. The Morgan fingerprint density at radius 2 is 1.94 bits per heavy atom. The molecule has 18 heavy (non-hydrogen) atoms. The summed E-state index contributed by atoms with van der Waals surface area (Å²) >= 11 is 0. The van der Waals surface area contributed by atoms with Crippen LogP contribution in [0.1, 0.15) is 52.3 Å². The normalized spacial score (nSPS) is 25.3. The molecule has 1 aliphatic rings. The lowest BCUT2D eigenvalue weighted by Crippen LogP contribution is -2.30. The highest BCUT2D eigenvalue weighted by Crippen LogP contribution is 2.39. The monoisotopic (exact) mass is 251 g/mol. The van der Waals surface area contributed by atoms with Crippen LogP contribution in [0, 0.1) is 17.3 Å². The zero-order chi connectivity index (χ0) is 13.0. The van der Waals surface area contributed by atoms with Gasteiger partial charge >= 0.3 is 0 Å². The maximum atomic E-state index is 3.93. The fourth-order valence-corrected chi connectivity index (χ4v) is 2.88. The maximum Gasteiger partial charge on any atom is 0.188 e. The number of rotatable bonds is 4. The van der Waals surface area contributed by atoms with Gasteiger partial charge in [-0.1, -0.05) is 26.0 Å². The Morgan fingerprint density at radius 3 is 2.50 bits per heavy atom. The van der Waals surface area contributed by atoms with Crippen molar-refractivity contribution in [2.75, 3.05) is 6.54 Å². The molecule has 1 aromatic rings. The van der Waals surface area contributed by atoms with Crippen LogP contribution in [0.5, 0.6) is 0 Å². The summed E-state index contributed by atoms with van der Waals surface area (Å²) in [6.45, 7) is 8.90. The molecule has 0 aromatic carbocycles. The number of hydrogen-bond acceptors (Lipinski definition) is 4. The van der Waals surface area contributed by atoms with Gasteiger partial charge in [-0.05, 0) is 49.5 Å². The van der Waals surface area contributed by atoms with E-state index in [1.165, 1.54) is 25.7 Å². The highest BCUT2D eigenvalue weighted by atomic mass is 15.5. The molecule has 0 unspecified atom stereocenters. The van der Waals surface area contributed by atoms with E-state index in [2.05, 4.69) is 46.7 Å². The zero-order valence-electron chi connectivity index (χ0n) is 11.7. The van der Waals surface area contributed by atoms with E-state index in [0.29, 0.717) is 5.41 Å². The number of nitrogens with zero attached hydrogens (tertiary/aromatic N) is 3. The number of hydrogen-bond donors (Lipinski definition) is 2. The van der Waals surface area contributed by atoms with Crippen LogP contribution in [0.25, 0.3) is 0 Å². The molecule has 0 amide bonds. The molecule has 1 heterocycles. The summed E-state index contributed by atoms with van der Waals surface area (Å²) in [5.74, 6) is 2.46. The Balaban J connectivity index is 1.65. The topological polar surface area (TPSA) is 66.5 Å². The number of H-pyrrole nitrogens is 1. The fourth-order valence-electron chi connectivity index (χ4n) is 2.88. The van der Waals surface area contributed by atoms with Gasteiger partial charge in [0.2, 0.25) is 0 Å². The molecule has 2 rings (SSSR count). The third kappa shape index (κ3) is 3.77. The number of aromatic nitrogens is 4. The van der Waals surface area contributed by atoms with Crippen LogP contribution in [0.2, 0.25) is 0 Å². The van der Waals surface area contributed by atoms with Gasteiger partial charge in [-0.2, -0.15) is 5.21 Å². The maximum absolute atomic E-state index is 3.93. The average molecular weight is 251 g/mol. The molecule has 0 saturated heterocycles. The molecular formula is C13H25N5. The number of tetrazole rings is 1. The molecule has 1 fully saturated rings. The third-order valence-electron chi connectivity index (χ3n) is 4.18. The second kappa shape index (κ2) is 5.78. The first kappa shape index (κ1) is 13.5. The molecule has 0 radical (unpaired) electrons. The van der Waals surface area contributed by atoms with Crippen molar-refractivity contribution in [3.63, 3.8) is 0 Å². The van der Waals surface area contributed by atoms with Gasteiger partial charge in [0.05, 0.1) is 6.54 Å². The third-order valence-corrected chi connectivity index (χ3v) is 4.18. The predicted molar refractivity (Wildman–Crippen MR) is 70.8 cm³/mol. The minimum atomic E-state index is 0.475. The molecular weight excluding hydrogens is 226 g/mol. The Kier molecular flexibility index (Phi) is 4.32. The van der Waals surface area contributed by atoms with Crippen LogP contribution in [-0.2, 0) is 6.54 Å². The zero-order valence-corrected chi connectivity index (χ0v) is 11.7. The Morgan fingerprint density at radius 1 is 1.22 bits per heavy atom. The Labute approximate surface area is 109 Å². The van der Waals surface area contributed by atoms with Crippen LogP contribution in [0.4, 0.5) is 0 Å². The van der Waals surface area contributed by atoms with Crippen LogP contribution in [-0.4, -0.2) is 27.2 Å². The van der Waals surface area contributed by atoms with Crippen LogP contribution in [0.3, 0.4) is 0 Å². The lowest BCUT2D eigenvalue weighted by atomic mass is 9.70. The second-order valence-corrected chi connectivity index (χ2v) is 6.54. The quantitative estimate of drug-likeness (QED) is 0.860. The van der Waals surface area contributed by atoms with Crippen molar-refractivity contribution >= 4 is 0 Å². The van der Waals surface area contributed by atoms with E-state index >= 15 is 0 Å². The SMILES string of the molecule is CC(C)(C)C1CCC(CNCc2nn[nH]n2)CC1. The van der Waals surface area contributed by atoms with Crippen molar-refractivity contribution in [3.8, 4) is 0 Å². The van der Waals surface area contributed by atoms with Gasteiger partial charge in [0.25, 0.3) is 0 Å². The molecule has 0 aliphatic heterocycles. The van der Waals surface area contributed by atoms with Crippen molar-refractivity contribution in [1.82, 2.24) is 25.9 Å². The number of aromatic amines is 1. The summed E-state index contributed by atoms with van der Waals surface area (Å²) in [6, 6.07) is 0. The lowest BCUT2D eigenvalue weighted by Gasteiger charge is -2.37. The van der Waals surface area contributed by atoms with Crippen molar-refractivity contribution in [1.29, 1.82) is 0 Å². The highest BCUT2D eigenvalue weighted by molar-refractivity contribution is 4.82. The van der Waals surface area contributed by atoms with Crippen molar-refractivity contribution in [2.45, 2.75) is 53.0 Å². The summed E-state index contributed by atoms with van der Waals surface area (Å²) in [5.41, 5.74) is 0.475. The highest BCUT2D eigenvalue weighted by Gasteiger charge is 2.29. The minimum absolute atomic E-state index is 0.475. The summed E-state index contributed by atoms with van der Waals surface area (Å²) in [5, 5.41) is 17.3. The largest absolute Gasteiger partial charge is 0.309 e. The van der Waals surface area contributed by atoms with Gasteiger partial charge in [-0.3, -0.25) is 0 Å². The van der Waals surface area contributed by atoms with Gasteiger partial charge in [0.1, 0.15) is 0 Å². The summed E-state index contributed by atoms with van der Waals surface area (Å²) in [6.07, 6.45) is 5.44. The molecule has 1 aromatic heterocycles. The van der Waals surface area contributed by atoms with Crippen molar-refractivity contribution in [3.05, 3.63) is 5.82 Å². The standard InChI is InChI=1S/C13H25N5/c1-13(2,3)11-6-4-10(5-7-11)8-14-9-12-15-17-18-16-12/h10-11,14H,4-9H2,1-3H3,(H,15,16,17,18). The molecule has 1 aliphatic carbocycles. The van der Waals surface area contributed by atoms with Crippen LogP contribution >= 0.6 is 0 Å².